The fourth-order valence-electron chi connectivity index (χ4n) is 1.87. The molecule has 0 bridgehead atoms. The number of hydrogen-bond donors (Lipinski definition) is 1. The van der Waals surface area contributed by atoms with Gasteiger partial charge in [0.2, 0.25) is 0 Å². The maximum absolute atomic E-state index is 13.7. The van der Waals surface area contributed by atoms with Gasteiger partial charge in [-0.3, -0.25) is 0 Å². The first-order chi connectivity index (χ1) is 9.65. The van der Waals surface area contributed by atoms with Crippen LogP contribution >= 0.6 is 11.3 Å². The van der Waals surface area contributed by atoms with Gasteiger partial charge < -0.3 is 5.32 Å². The Hall–Kier alpha value is -1.40. The first-order valence-electron chi connectivity index (χ1n) is 6.67. The first kappa shape index (κ1) is 15.0. The summed E-state index contributed by atoms with van der Waals surface area (Å²) >= 11 is 1.30. The third kappa shape index (κ3) is 3.37. The van der Waals surface area contributed by atoms with E-state index in [2.05, 4.69) is 29.4 Å². The Labute approximate surface area is 121 Å². The molecule has 1 N–H and O–H groups in total. The maximum atomic E-state index is 13.7. The lowest BCUT2D eigenvalue weighted by atomic mass is 10.2. The lowest BCUT2D eigenvalue weighted by molar-refractivity contribution is 0.513. The fourth-order valence-corrected chi connectivity index (χ4v) is 2.89. The Morgan fingerprint density at radius 1 is 1.25 bits per heavy atom. The van der Waals surface area contributed by atoms with Crippen LogP contribution in [-0.2, 0) is 0 Å². The summed E-state index contributed by atoms with van der Waals surface area (Å²) in [6.07, 6.45) is 1.90. The number of nitrogens with one attached hydrogen (secondary N) is 1. The number of aromatic nitrogens is 2. The molecule has 0 aliphatic carbocycles. The molecule has 1 unspecified atom stereocenters. The smallest absolute Gasteiger partial charge is 0.150 e. The van der Waals surface area contributed by atoms with Gasteiger partial charge in [0.05, 0.1) is 11.6 Å². The summed E-state index contributed by atoms with van der Waals surface area (Å²) in [5.41, 5.74) is 0.166. The van der Waals surface area contributed by atoms with E-state index in [0.29, 0.717) is 5.01 Å². The largest absolute Gasteiger partial charge is 0.308 e. The van der Waals surface area contributed by atoms with E-state index in [1.807, 2.05) is 0 Å². The van der Waals surface area contributed by atoms with E-state index in [0.717, 1.165) is 42.6 Å². The molecule has 1 aromatic heterocycles. The fraction of sp³-hybridized carbons (Fsp3) is 0.429. The Morgan fingerprint density at radius 3 is 2.75 bits per heavy atom. The maximum Gasteiger partial charge on any atom is 0.150 e. The standard InChI is InChI=1S/C14H17F2N3S/c1-3-7-17-12(4-2)14-19-18-13(20-14)10-8-9(15)5-6-11(10)16/h5-6,8,12,17H,3-4,7H2,1-2H3. The monoisotopic (exact) mass is 297 g/mol. The van der Waals surface area contributed by atoms with Gasteiger partial charge >= 0.3 is 0 Å². The van der Waals surface area contributed by atoms with Crippen molar-refractivity contribution in [1.29, 1.82) is 0 Å². The molecule has 0 amide bonds. The molecule has 1 atom stereocenters. The molecule has 0 radical (unpaired) electrons. The van der Waals surface area contributed by atoms with Crippen molar-refractivity contribution in [3.05, 3.63) is 34.8 Å². The molecule has 0 spiro atoms. The van der Waals surface area contributed by atoms with Crippen LogP contribution in [0.4, 0.5) is 8.78 Å². The normalized spacial score (nSPS) is 12.6. The Morgan fingerprint density at radius 2 is 2.05 bits per heavy atom. The van der Waals surface area contributed by atoms with E-state index >= 15 is 0 Å². The molecular formula is C14H17F2N3S. The van der Waals surface area contributed by atoms with Crippen LogP contribution in [0.2, 0.25) is 0 Å². The molecule has 2 rings (SSSR count). The molecule has 0 aliphatic rings. The minimum absolute atomic E-state index is 0.109. The van der Waals surface area contributed by atoms with Crippen molar-refractivity contribution in [3.63, 3.8) is 0 Å². The average molecular weight is 297 g/mol. The summed E-state index contributed by atoms with van der Waals surface area (Å²) in [5.74, 6) is -0.960. The highest BCUT2D eigenvalue weighted by Crippen LogP contribution is 2.30. The molecule has 0 fully saturated rings. The molecular weight excluding hydrogens is 280 g/mol. The minimum atomic E-state index is -0.483. The van der Waals surface area contributed by atoms with E-state index in [1.54, 1.807) is 0 Å². The lowest BCUT2D eigenvalue weighted by Gasteiger charge is -2.12. The third-order valence-corrected chi connectivity index (χ3v) is 4.02. The predicted molar refractivity (Wildman–Crippen MR) is 76.6 cm³/mol. The molecule has 0 aliphatic heterocycles. The van der Waals surface area contributed by atoms with Gasteiger partial charge in [0.15, 0.2) is 5.01 Å². The predicted octanol–water partition coefficient (Wildman–Crippen LogP) is 3.93. The van der Waals surface area contributed by atoms with Crippen molar-refractivity contribution < 1.29 is 8.78 Å². The highest BCUT2D eigenvalue weighted by atomic mass is 32.1. The highest BCUT2D eigenvalue weighted by Gasteiger charge is 2.17. The van der Waals surface area contributed by atoms with E-state index < -0.39 is 11.6 Å². The number of halogens is 2. The lowest BCUT2D eigenvalue weighted by Crippen LogP contribution is -2.21. The van der Waals surface area contributed by atoms with Crippen LogP contribution < -0.4 is 5.32 Å². The summed E-state index contributed by atoms with van der Waals surface area (Å²) in [4.78, 5) is 0. The van der Waals surface area contributed by atoms with Crippen LogP contribution in [0.15, 0.2) is 18.2 Å². The summed E-state index contributed by atoms with van der Waals surface area (Å²) in [6.45, 7) is 5.03. The van der Waals surface area contributed by atoms with E-state index in [-0.39, 0.29) is 11.6 Å². The van der Waals surface area contributed by atoms with Crippen molar-refractivity contribution in [3.8, 4) is 10.6 Å². The van der Waals surface area contributed by atoms with Gasteiger partial charge in [0, 0.05) is 0 Å². The van der Waals surface area contributed by atoms with Gasteiger partial charge in [-0.05, 0) is 37.6 Å². The van der Waals surface area contributed by atoms with E-state index in [1.165, 1.54) is 11.3 Å². The number of rotatable bonds is 6. The SMILES string of the molecule is CCCNC(CC)c1nnc(-c2cc(F)ccc2F)s1. The van der Waals surface area contributed by atoms with E-state index in [9.17, 15) is 8.78 Å². The topological polar surface area (TPSA) is 37.8 Å². The van der Waals surface area contributed by atoms with Crippen LogP contribution in [-0.4, -0.2) is 16.7 Å². The molecule has 2 aromatic rings. The summed E-state index contributed by atoms with van der Waals surface area (Å²) in [7, 11) is 0. The summed E-state index contributed by atoms with van der Waals surface area (Å²) < 4.78 is 26.9. The van der Waals surface area contributed by atoms with Crippen molar-refractivity contribution in [1.82, 2.24) is 15.5 Å². The third-order valence-electron chi connectivity index (χ3n) is 2.95. The summed E-state index contributed by atoms with van der Waals surface area (Å²) in [6, 6.07) is 3.47. The van der Waals surface area contributed by atoms with Crippen LogP contribution in [0.1, 0.15) is 37.7 Å². The molecule has 1 aromatic carbocycles. The van der Waals surface area contributed by atoms with Crippen molar-refractivity contribution >= 4 is 11.3 Å². The quantitative estimate of drug-likeness (QED) is 0.877. The van der Waals surface area contributed by atoms with Gasteiger partial charge in [-0.2, -0.15) is 0 Å². The Bertz CT molecular complexity index is 571. The van der Waals surface area contributed by atoms with Crippen molar-refractivity contribution in [2.24, 2.45) is 0 Å². The second kappa shape index (κ2) is 6.85. The second-order valence-corrected chi connectivity index (χ2v) is 5.49. The molecule has 20 heavy (non-hydrogen) atoms. The number of benzene rings is 1. The summed E-state index contributed by atoms with van der Waals surface area (Å²) in [5, 5.41) is 12.7. The zero-order valence-corrected chi connectivity index (χ0v) is 12.3. The minimum Gasteiger partial charge on any atom is -0.308 e. The Balaban J connectivity index is 2.25. The van der Waals surface area contributed by atoms with E-state index in [4.69, 9.17) is 0 Å². The van der Waals surface area contributed by atoms with Crippen molar-refractivity contribution in [2.75, 3.05) is 6.54 Å². The zero-order chi connectivity index (χ0) is 14.5. The van der Waals surface area contributed by atoms with Crippen molar-refractivity contribution in [2.45, 2.75) is 32.7 Å². The number of hydrogen-bond acceptors (Lipinski definition) is 4. The van der Waals surface area contributed by atoms with Gasteiger partial charge in [0.25, 0.3) is 0 Å². The molecule has 1 heterocycles. The molecule has 0 saturated carbocycles. The highest BCUT2D eigenvalue weighted by molar-refractivity contribution is 7.14. The van der Waals surface area contributed by atoms with Crippen LogP contribution in [0.3, 0.4) is 0 Å². The van der Waals surface area contributed by atoms with Crippen LogP contribution in [0, 0.1) is 11.6 Å². The molecule has 6 heteroatoms. The zero-order valence-electron chi connectivity index (χ0n) is 11.5. The molecule has 3 nitrogen and oxygen atoms in total. The molecule has 108 valence electrons. The molecule has 0 saturated heterocycles. The Kier molecular flexibility index (Phi) is 5.14. The van der Waals surface area contributed by atoms with Crippen LogP contribution in [0.25, 0.3) is 10.6 Å². The van der Waals surface area contributed by atoms with Gasteiger partial charge in [-0.25, -0.2) is 8.78 Å². The van der Waals surface area contributed by atoms with Gasteiger partial charge in [-0.15, -0.1) is 10.2 Å². The van der Waals surface area contributed by atoms with Crippen LogP contribution in [0.5, 0.6) is 0 Å². The van der Waals surface area contributed by atoms with Gasteiger partial charge in [-0.1, -0.05) is 25.2 Å². The average Bonchev–Trinajstić information content (AvgIpc) is 2.92. The van der Waals surface area contributed by atoms with Gasteiger partial charge in [0.1, 0.15) is 16.6 Å². The first-order valence-corrected chi connectivity index (χ1v) is 7.49. The number of nitrogens with zero attached hydrogens (tertiary/aromatic N) is 2. The second-order valence-electron chi connectivity index (χ2n) is 4.48.